The summed E-state index contributed by atoms with van der Waals surface area (Å²) in [6.45, 7) is 0. The Hall–Kier alpha value is -3.47. The molecule has 2 fully saturated rings. The van der Waals surface area contributed by atoms with Gasteiger partial charge in [0, 0.05) is 38.9 Å². The summed E-state index contributed by atoms with van der Waals surface area (Å²) >= 11 is 0. The molecule has 5 rings (SSSR count). The first-order valence-electron chi connectivity index (χ1n) is 10.5. The predicted molar refractivity (Wildman–Crippen MR) is 118 cm³/mol. The summed E-state index contributed by atoms with van der Waals surface area (Å²) in [6.07, 6.45) is 5.69. The number of pyridine rings is 1. The Kier molecular flexibility index (Phi) is 6.08. The molecule has 2 saturated carbocycles. The van der Waals surface area contributed by atoms with Crippen LogP contribution in [0.5, 0.6) is 0 Å². The lowest BCUT2D eigenvalue weighted by Crippen LogP contribution is -2.29. The first kappa shape index (κ1) is 21.8. The maximum absolute atomic E-state index is 13.2. The smallest absolute Gasteiger partial charge is 0.274 e. The minimum Gasteiger partial charge on any atom is -0.400 e. The van der Waals surface area contributed by atoms with Crippen molar-refractivity contribution in [1.82, 2.24) is 24.5 Å². The molecule has 32 heavy (non-hydrogen) atoms. The molecule has 3 aromatic rings. The van der Waals surface area contributed by atoms with E-state index < -0.39 is 18.1 Å². The predicted octanol–water partition coefficient (Wildman–Crippen LogP) is 1.85. The van der Waals surface area contributed by atoms with Crippen LogP contribution >= 0.6 is 0 Å². The second-order valence-electron chi connectivity index (χ2n) is 7.75. The molecule has 3 heterocycles. The third kappa shape index (κ3) is 4.03. The fourth-order valence-corrected chi connectivity index (χ4v) is 3.62. The van der Waals surface area contributed by atoms with E-state index in [0.717, 1.165) is 26.4 Å². The van der Waals surface area contributed by atoms with Crippen LogP contribution in [0.3, 0.4) is 0 Å². The fourth-order valence-electron chi connectivity index (χ4n) is 3.62. The van der Waals surface area contributed by atoms with E-state index >= 15 is 0 Å². The Morgan fingerprint density at radius 3 is 2.69 bits per heavy atom. The molecular weight excluding hydrogens is 417 g/mol. The minimum absolute atomic E-state index is 0.107. The zero-order valence-electron chi connectivity index (χ0n) is 17.9. The van der Waals surface area contributed by atoms with Gasteiger partial charge in [-0.05, 0) is 31.4 Å². The summed E-state index contributed by atoms with van der Waals surface area (Å²) in [5, 5.41) is 20.0. The number of alkyl halides is 1. The molecule has 11 heteroatoms. The Balaban J connectivity index is 0.00000119. The molecule has 0 spiro atoms. The molecule has 3 aromatic heterocycles. The third-order valence-corrected chi connectivity index (χ3v) is 5.71. The van der Waals surface area contributed by atoms with Gasteiger partial charge >= 0.3 is 0 Å². The Morgan fingerprint density at radius 2 is 2.06 bits per heavy atom. The number of aliphatic hydroxyl groups is 1. The number of hydrogen-bond acceptors (Lipinski definition) is 7. The molecule has 0 aromatic carbocycles. The van der Waals surface area contributed by atoms with E-state index in [1.807, 2.05) is 12.3 Å². The third-order valence-electron chi connectivity index (χ3n) is 5.71. The number of hydrogen-bond donors (Lipinski definition) is 4. The van der Waals surface area contributed by atoms with E-state index in [1.165, 1.54) is 10.7 Å². The molecule has 170 valence electrons. The number of nitrogens with zero attached hydrogens (tertiary/aromatic N) is 4. The van der Waals surface area contributed by atoms with Crippen LogP contribution in [0.1, 0.15) is 42.1 Å². The molecule has 2 aliphatic rings. The lowest BCUT2D eigenvalue weighted by Gasteiger charge is -2.27. The number of rotatable bonds is 6. The maximum atomic E-state index is 13.2. The summed E-state index contributed by atoms with van der Waals surface area (Å²) in [5.41, 5.74) is 0.860. The number of carbonyl (C=O) groups is 1. The van der Waals surface area contributed by atoms with Gasteiger partial charge in [-0.15, -0.1) is 0 Å². The summed E-state index contributed by atoms with van der Waals surface area (Å²) < 4.78 is 16.4. The highest BCUT2D eigenvalue weighted by Gasteiger charge is 2.39. The number of anilines is 3. The molecule has 0 radical (unpaired) electrons. The van der Waals surface area contributed by atoms with Gasteiger partial charge in [-0.25, -0.2) is 9.37 Å². The molecule has 0 saturated heterocycles. The normalized spacial score (nSPS) is 19.5. The van der Waals surface area contributed by atoms with Crippen LogP contribution in [-0.2, 0) is 0 Å². The Labute approximate surface area is 183 Å². The summed E-state index contributed by atoms with van der Waals surface area (Å²) in [4.78, 5) is 29.9. The SMILES string of the molecule is CNc1cc(Nc2cccn(C3CCC3)c2=O)nc2c(C(=O)NC3CC3F)cnn12.CO. The zero-order chi connectivity index (χ0) is 22.8. The highest BCUT2D eigenvalue weighted by atomic mass is 19.1. The van der Waals surface area contributed by atoms with Gasteiger partial charge in [-0.3, -0.25) is 9.59 Å². The van der Waals surface area contributed by atoms with Gasteiger partial charge in [0.1, 0.15) is 29.1 Å². The molecule has 0 bridgehead atoms. The van der Waals surface area contributed by atoms with E-state index in [4.69, 9.17) is 5.11 Å². The monoisotopic (exact) mass is 443 g/mol. The highest BCUT2D eigenvalue weighted by Crippen LogP contribution is 2.30. The minimum atomic E-state index is -0.996. The topological polar surface area (TPSA) is 126 Å². The second kappa shape index (κ2) is 8.95. The number of nitrogens with one attached hydrogen (secondary N) is 3. The van der Waals surface area contributed by atoms with E-state index in [2.05, 4.69) is 26.0 Å². The van der Waals surface area contributed by atoms with Crippen molar-refractivity contribution in [3.8, 4) is 0 Å². The molecule has 0 aliphatic heterocycles. The van der Waals surface area contributed by atoms with Crippen molar-refractivity contribution < 1.29 is 14.3 Å². The first-order chi connectivity index (χ1) is 15.5. The van der Waals surface area contributed by atoms with E-state index in [-0.39, 0.29) is 17.2 Å². The van der Waals surface area contributed by atoms with Crippen molar-refractivity contribution >= 4 is 28.9 Å². The first-order valence-corrected chi connectivity index (χ1v) is 10.5. The van der Waals surface area contributed by atoms with Crippen molar-refractivity contribution in [2.75, 3.05) is 24.8 Å². The average Bonchev–Trinajstić information content (AvgIpc) is 3.28. The Bertz CT molecular complexity index is 1190. The quantitative estimate of drug-likeness (QED) is 0.458. The molecule has 10 nitrogen and oxygen atoms in total. The van der Waals surface area contributed by atoms with Crippen LogP contribution in [0.2, 0.25) is 0 Å². The van der Waals surface area contributed by atoms with Crippen molar-refractivity contribution in [1.29, 1.82) is 0 Å². The second-order valence-corrected chi connectivity index (χ2v) is 7.75. The van der Waals surface area contributed by atoms with E-state index in [0.29, 0.717) is 29.4 Å². The fraction of sp³-hybridized carbons (Fsp3) is 0.429. The number of aliphatic hydroxyl groups excluding tert-OH is 1. The average molecular weight is 443 g/mol. The molecule has 1 amide bonds. The van der Waals surface area contributed by atoms with Crippen LogP contribution in [0.4, 0.5) is 21.7 Å². The van der Waals surface area contributed by atoms with Crippen LogP contribution in [0, 0.1) is 0 Å². The summed E-state index contributed by atoms with van der Waals surface area (Å²) in [6, 6.07) is 5.04. The number of halogens is 1. The number of carbonyl (C=O) groups excluding carboxylic acids is 1. The van der Waals surface area contributed by atoms with Gasteiger partial charge in [-0.1, -0.05) is 0 Å². The van der Waals surface area contributed by atoms with Gasteiger partial charge in [0.25, 0.3) is 11.5 Å². The molecule has 4 N–H and O–H groups in total. The van der Waals surface area contributed by atoms with E-state index in [1.54, 1.807) is 23.7 Å². The van der Waals surface area contributed by atoms with Gasteiger partial charge in [0.2, 0.25) is 0 Å². The highest BCUT2D eigenvalue weighted by molar-refractivity contribution is 6.00. The number of aromatic nitrogens is 4. The Morgan fingerprint density at radius 1 is 1.31 bits per heavy atom. The van der Waals surface area contributed by atoms with Crippen molar-refractivity contribution in [3.05, 3.63) is 46.5 Å². The molecule has 2 aliphatic carbocycles. The van der Waals surface area contributed by atoms with Crippen LogP contribution in [0.15, 0.2) is 35.4 Å². The van der Waals surface area contributed by atoms with Crippen LogP contribution in [0.25, 0.3) is 5.65 Å². The lowest BCUT2D eigenvalue weighted by atomic mass is 9.93. The largest absolute Gasteiger partial charge is 0.400 e. The maximum Gasteiger partial charge on any atom is 0.274 e. The summed E-state index contributed by atoms with van der Waals surface area (Å²) in [7, 11) is 2.73. The molecule has 2 unspecified atom stereocenters. The van der Waals surface area contributed by atoms with Gasteiger partial charge in [0.05, 0.1) is 12.2 Å². The van der Waals surface area contributed by atoms with E-state index in [9.17, 15) is 14.0 Å². The standard InChI is InChI=1S/C20H22FN7O2.CH4O/c1-22-17-9-16(24-14-6-3-7-27(20(14)30)11-4-2-5-11)26-18-12(10-23-28(17)18)19(29)25-15-8-13(15)21;1-2/h3,6-7,9-11,13,15,22H,2,4-5,8H2,1H3,(H,24,26)(H,25,29);2H,1H3. The number of fused-ring (bicyclic) bond motifs is 1. The molecular formula is C21H26FN7O3. The van der Waals surface area contributed by atoms with Crippen LogP contribution < -0.4 is 21.5 Å². The van der Waals surface area contributed by atoms with Gasteiger partial charge in [0.15, 0.2) is 5.65 Å². The van der Waals surface area contributed by atoms with Crippen molar-refractivity contribution in [2.24, 2.45) is 0 Å². The zero-order valence-corrected chi connectivity index (χ0v) is 17.9. The van der Waals surface area contributed by atoms with Crippen molar-refractivity contribution in [2.45, 2.75) is 43.9 Å². The number of amides is 1. The van der Waals surface area contributed by atoms with Gasteiger partial charge < -0.3 is 25.6 Å². The molecule has 2 atom stereocenters. The van der Waals surface area contributed by atoms with Crippen molar-refractivity contribution in [3.63, 3.8) is 0 Å². The van der Waals surface area contributed by atoms with Crippen LogP contribution in [-0.4, -0.2) is 56.5 Å². The summed E-state index contributed by atoms with van der Waals surface area (Å²) in [5.74, 6) is 0.570. The lowest BCUT2D eigenvalue weighted by molar-refractivity contribution is 0.0949. The van der Waals surface area contributed by atoms with Gasteiger partial charge in [-0.2, -0.15) is 9.61 Å².